The van der Waals surface area contributed by atoms with Crippen molar-refractivity contribution in [2.24, 2.45) is 52.3 Å². The molecule has 4 unspecified atom stereocenters. The van der Waals surface area contributed by atoms with E-state index in [1.54, 1.807) is 7.11 Å². The van der Waals surface area contributed by atoms with Crippen molar-refractivity contribution in [3.8, 4) is 0 Å². The lowest BCUT2D eigenvalue weighted by Crippen LogP contribution is -2.64. The maximum atomic E-state index is 11.2. The highest BCUT2D eigenvalue weighted by Gasteiger charge is 2.69. The van der Waals surface area contributed by atoms with Crippen LogP contribution in [0.1, 0.15) is 98.8 Å². The summed E-state index contributed by atoms with van der Waals surface area (Å²) in [7, 11) is 1.74. The van der Waals surface area contributed by atoms with Gasteiger partial charge in [0.05, 0.1) is 38.1 Å². The molecule has 370 valence electrons. The molecule has 4 aliphatic heterocycles. The van der Waals surface area contributed by atoms with Crippen molar-refractivity contribution >= 4 is 0 Å². The van der Waals surface area contributed by atoms with Crippen LogP contribution in [0.2, 0.25) is 0 Å². The Kier molecular flexibility index (Phi) is 14.9. The SMILES string of the molecule is CO[C@]1(CC[C@H](C)CO[C@@H]2O[C@H](CO)[C@@H](O)[C@H](O)[C@H]2O)OC2C[C@H]3[C@@H]4CCC5C[C@@H](O[C@@H]6O[C@H](CO)[C@@H](O[C@@H]7O[C@@H](C)[C@H](O)[C@@H](O)[C@H]7O)[C@H](O)[C@H]6O)CC[C@]5(C)[C@H]4CC[C@]3(C)C2C1C. The monoisotopic (exact) mass is 919 g/mol. The summed E-state index contributed by atoms with van der Waals surface area (Å²) in [6.07, 6.45) is -10.9. The van der Waals surface area contributed by atoms with Crippen molar-refractivity contribution in [2.75, 3.05) is 26.9 Å². The molecule has 18 nitrogen and oxygen atoms in total. The number of rotatable bonds is 13. The third-order valence-corrected chi connectivity index (χ3v) is 18.3. The van der Waals surface area contributed by atoms with Crippen LogP contribution in [0.25, 0.3) is 0 Å². The minimum Gasteiger partial charge on any atom is -0.394 e. The van der Waals surface area contributed by atoms with Crippen LogP contribution in [0.4, 0.5) is 0 Å². The van der Waals surface area contributed by atoms with E-state index in [1.165, 1.54) is 6.92 Å². The molecule has 0 spiro atoms. The molecule has 8 aliphatic rings. The number of hydrogen-bond acceptors (Lipinski definition) is 18. The Morgan fingerprint density at radius 3 is 2.00 bits per heavy atom. The van der Waals surface area contributed by atoms with Crippen LogP contribution in [-0.4, -0.2) is 188 Å². The molecule has 4 heterocycles. The fourth-order valence-corrected chi connectivity index (χ4v) is 14.4. The zero-order valence-electron chi connectivity index (χ0n) is 38.3. The van der Waals surface area contributed by atoms with Crippen LogP contribution in [0.5, 0.6) is 0 Å². The van der Waals surface area contributed by atoms with Crippen molar-refractivity contribution < 1.29 is 89.0 Å². The summed E-state index contributed by atoms with van der Waals surface area (Å²) in [5.74, 6) is 1.89. The summed E-state index contributed by atoms with van der Waals surface area (Å²) in [4.78, 5) is 0. The summed E-state index contributed by atoms with van der Waals surface area (Å²) in [5.41, 5.74) is 0.222. The standard InChI is InChI=1S/C46H78O18/c1-20(19-58-41-37(54)35(52)33(50)29(17-47)61-41)9-14-46(57-6)21(2)31-28(64-46)16-27-25-8-7-23-15-24(10-12-44(23,4)26(25)11-13-45(27,31)5)60-43-39(56)36(53)40(30(18-48)62-43)63-42-38(55)34(51)32(49)22(3)59-42/h20-43,47-56H,7-19H2,1-6H3/t20-,21?,22-,23?,24-,25+,26-,27-,28?,29+,30+,31?,32-,33+,34+,35-,36+,37+,38+,39+,40+,41+,42-,43+,44-,45-,46+/m0/s1. The van der Waals surface area contributed by atoms with E-state index >= 15 is 0 Å². The van der Waals surface area contributed by atoms with Crippen LogP contribution in [-0.2, 0) is 37.9 Å². The van der Waals surface area contributed by atoms with Crippen LogP contribution in [0.15, 0.2) is 0 Å². The Hall–Kier alpha value is -0.720. The van der Waals surface area contributed by atoms with Gasteiger partial charge in [-0.15, -0.1) is 0 Å². The molecule has 4 saturated heterocycles. The minimum atomic E-state index is -1.63. The number of hydrogen-bond donors (Lipinski definition) is 10. The van der Waals surface area contributed by atoms with Gasteiger partial charge in [-0.1, -0.05) is 27.7 Å². The summed E-state index contributed by atoms with van der Waals surface area (Å²) < 4.78 is 48.5. The van der Waals surface area contributed by atoms with Crippen LogP contribution < -0.4 is 0 Å². The van der Waals surface area contributed by atoms with Gasteiger partial charge in [-0.05, 0) is 111 Å². The Labute approximate surface area is 376 Å². The molecule has 0 aromatic carbocycles. The molecule has 0 bridgehead atoms. The second-order valence-corrected chi connectivity index (χ2v) is 21.6. The van der Waals surface area contributed by atoms with Crippen LogP contribution in [0.3, 0.4) is 0 Å². The molecular formula is C46H78O18. The lowest BCUT2D eigenvalue weighted by Gasteiger charge is -2.61. The second kappa shape index (κ2) is 19.2. The third-order valence-electron chi connectivity index (χ3n) is 18.3. The Morgan fingerprint density at radius 2 is 1.30 bits per heavy atom. The average Bonchev–Trinajstić information content (AvgIpc) is 3.74. The van der Waals surface area contributed by atoms with E-state index in [0.29, 0.717) is 36.0 Å². The van der Waals surface area contributed by atoms with Crippen LogP contribution >= 0.6 is 0 Å². The first-order valence-electron chi connectivity index (χ1n) is 24.1. The first kappa shape index (κ1) is 49.7. The fourth-order valence-electron chi connectivity index (χ4n) is 14.4. The highest BCUT2D eigenvalue weighted by molar-refractivity contribution is 5.15. The first-order chi connectivity index (χ1) is 30.3. The molecule has 0 radical (unpaired) electrons. The quantitative estimate of drug-likeness (QED) is 0.108. The van der Waals surface area contributed by atoms with Gasteiger partial charge < -0.3 is 89.0 Å². The molecule has 0 aromatic rings. The lowest BCUT2D eigenvalue weighted by atomic mass is 9.44. The summed E-state index contributed by atoms with van der Waals surface area (Å²) in [6, 6.07) is 0. The number of ether oxygens (including phenoxy) is 8. The third kappa shape index (κ3) is 8.56. The summed E-state index contributed by atoms with van der Waals surface area (Å²) in [5, 5.41) is 104. The molecule has 10 N–H and O–H groups in total. The second-order valence-electron chi connectivity index (χ2n) is 21.6. The Morgan fingerprint density at radius 1 is 0.656 bits per heavy atom. The van der Waals surface area contributed by atoms with Gasteiger partial charge in [0, 0.05) is 19.4 Å². The van der Waals surface area contributed by atoms with Crippen molar-refractivity contribution in [3.05, 3.63) is 0 Å². The molecule has 4 saturated carbocycles. The highest BCUT2D eigenvalue weighted by atomic mass is 16.7. The molecule has 0 aromatic heterocycles. The highest BCUT2D eigenvalue weighted by Crippen LogP contribution is 2.71. The van der Waals surface area contributed by atoms with E-state index in [-0.39, 0.29) is 41.5 Å². The van der Waals surface area contributed by atoms with Crippen molar-refractivity contribution in [1.29, 1.82) is 0 Å². The largest absolute Gasteiger partial charge is 0.394 e. The maximum absolute atomic E-state index is 11.2. The van der Waals surface area contributed by atoms with E-state index < -0.39 is 111 Å². The van der Waals surface area contributed by atoms with Gasteiger partial charge in [0.25, 0.3) is 0 Å². The fraction of sp³-hybridized carbons (Fsp3) is 1.00. The molecule has 8 fully saturated rings. The Balaban J connectivity index is 0.847. The minimum absolute atomic E-state index is 0.0392. The normalized spacial score (nSPS) is 55.6. The van der Waals surface area contributed by atoms with Gasteiger partial charge in [-0.3, -0.25) is 0 Å². The lowest BCUT2D eigenvalue weighted by molar-refractivity contribution is -0.361. The van der Waals surface area contributed by atoms with Gasteiger partial charge in [0.1, 0.15) is 67.1 Å². The van der Waals surface area contributed by atoms with Crippen molar-refractivity contribution in [1.82, 2.24) is 0 Å². The summed E-state index contributed by atoms with van der Waals surface area (Å²) in [6.45, 7) is 9.96. The molecule has 27 atom stereocenters. The van der Waals surface area contributed by atoms with Gasteiger partial charge in [-0.2, -0.15) is 0 Å². The Bertz CT molecular complexity index is 1560. The zero-order valence-corrected chi connectivity index (χ0v) is 38.3. The van der Waals surface area contributed by atoms with Crippen LogP contribution in [0, 0.1) is 52.3 Å². The van der Waals surface area contributed by atoms with E-state index in [4.69, 9.17) is 37.9 Å². The smallest absolute Gasteiger partial charge is 0.187 e. The van der Waals surface area contributed by atoms with Gasteiger partial charge in [0.15, 0.2) is 24.7 Å². The molecule has 18 heteroatoms. The predicted octanol–water partition coefficient (Wildman–Crippen LogP) is -0.0975. The number of methoxy groups -OCH3 is 1. The number of aliphatic hydroxyl groups excluding tert-OH is 10. The molecule has 4 aliphatic carbocycles. The topological polar surface area (TPSA) is 276 Å². The number of aliphatic hydroxyl groups is 10. The van der Waals surface area contributed by atoms with E-state index in [2.05, 4.69) is 20.8 Å². The van der Waals surface area contributed by atoms with Gasteiger partial charge in [-0.25, -0.2) is 0 Å². The summed E-state index contributed by atoms with van der Waals surface area (Å²) >= 11 is 0. The first-order valence-corrected chi connectivity index (χ1v) is 24.1. The van der Waals surface area contributed by atoms with Gasteiger partial charge in [0.2, 0.25) is 0 Å². The zero-order chi connectivity index (χ0) is 46.2. The van der Waals surface area contributed by atoms with E-state index in [9.17, 15) is 51.1 Å². The molecule has 64 heavy (non-hydrogen) atoms. The molecule has 0 amide bonds. The van der Waals surface area contributed by atoms with Gasteiger partial charge >= 0.3 is 0 Å². The van der Waals surface area contributed by atoms with E-state index in [1.807, 2.05) is 6.92 Å². The van der Waals surface area contributed by atoms with Crippen molar-refractivity contribution in [2.45, 2.75) is 209 Å². The number of fused-ring (bicyclic) bond motifs is 7. The molecule has 8 rings (SSSR count). The van der Waals surface area contributed by atoms with E-state index in [0.717, 1.165) is 57.8 Å². The maximum Gasteiger partial charge on any atom is 0.187 e. The predicted molar refractivity (Wildman–Crippen MR) is 222 cm³/mol. The molecular weight excluding hydrogens is 840 g/mol. The average molecular weight is 919 g/mol. The van der Waals surface area contributed by atoms with Crippen molar-refractivity contribution in [3.63, 3.8) is 0 Å².